The maximum absolute atomic E-state index is 13.2. The summed E-state index contributed by atoms with van der Waals surface area (Å²) in [5, 5.41) is 10.3. The van der Waals surface area contributed by atoms with Crippen LogP contribution >= 0.6 is 0 Å². The average molecular weight is 478 g/mol. The molecule has 1 amide bonds. The third-order valence-electron chi connectivity index (χ3n) is 7.86. The number of nitrogens with two attached hydrogens (primary N) is 1. The molecule has 2 atom stereocenters. The largest absolute Gasteiger partial charge is 0.383 e. The Morgan fingerprint density at radius 1 is 1.17 bits per heavy atom. The number of likely N-dealkylation sites (tertiary alicyclic amines) is 1. The van der Waals surface area contributed by atoms with E-state index >= 15 is 0 Å². The lowest BCUT2D eigenvalue weighted by Gasteiger charge is -2.28. The molecule has 0 spiro atoms. The molecule has 1 unspecified atom stereocenters. The minimum Gasteiger partial charge on any atom is -0.383 e. The van der Waals surface area contributed by atoms with Crippen molar-refractivity contribution >= 4 is 28.3 Å². The number of rotatable bonds is 2. The molecular formula is C28H27N7O. The van der Waals surface area contributed by atoms with Gasteiger partial charge in [-0.25, -0.2) is 15.0 Å². The number of pyridine rings is 1. The molecule has 3 aromatic heterocycles. The van der Waals surface area contributed by atoms with E-state index in [0.717, 1.165) is 78.5 Å². The standard InChI is InChI=1S/C28H27N7O/c1-2-20-13-19-5-3-12-35-25(22(19)15-31-20)23(24-26(30)32-16-33-27(24)35)17-7-9-18(10-8-17)28(36)34-11-4-6-21(34)14-29/h1,7,13,15-16,18,21H,3-6,8-12H2,(H2,30,32,33)/t18-,21?/m1/s1. The number of allylic oxidation sites excluding steroid dienone is 2. The number of amides is 1. The van der Waals surface area contributed by atoms with Crippen LogP contribution in [0.15, 0.2) is 24.7 Å². The summed E-state index contributed by atoms with van der Waals surface area (Å²) in [6, 6.07) is 4.01. The van der Waals surface area contributed by atoms with E-state index in [1.54, 1.807) is 4.90 Å². The van der Waals surface area contributed by atoms with Crippen LogP contribution in [-0.2, 0) is 17.8 Å². The van der Waals surface area contributed by atoms with Gasteiger partial charge in [-0.05, 0) is 62.1 Å². The highest BCUT2D eigenvalue weighted by molar-refractivity contribution is 6.04. The normalized spacial score (nSPS) is 21.2. The van der Waals surface area contributed by atoms with Crippen molar-refractivity contribution in [3.05, 3.63) is 41.5 Å². The first-order valence-corrected chi connectivity index (χ1v) is 12.6. The number of carbonyl (C=O) groups excluding carboxylic acids is 1. The Balaban J connectivity index is 1.45. The van der Waals surface area contributed by atoms with Gasteiger partial charge in [-0.15, -0.1) is 6.42 Å². The van der Waals surface area contributed by atoms with Crippen molar-refractivity contribution in [1.29, 1.82) is 5.26 Å². The van der Waals surface area contributed by atoms with Gasteiger partial charge in [0, 0.05) is 36.3 Å². The predicted molar refractivity (Wildman–Crippen MR) is 137 cm³/mol. The number of aryl methyl sites for hydroxylation is 2. The van der Waals surface area contributed by atoms with Crippen molar-refractivity contribution in [2.24, 2.45) is 5.92 Å². The van der Waals surface area contributed by atoms with E-state index in [4.69, 9.17) is 12.2 Å². The molecule has 2 aliphatic heterocycles. The van der Waals surface area contributed by atoms with E-state index in [1.807, 2.05) is 12.3 Å². The summed E-state index contributed by atoms with van der Waals surface area (Å²) in [6.45, 7) is 1.49. The molecule has 6 rings (SSSR count). The Labute approximate surface area is 209 Å². The van der Waals surface area contributed by atoms with Crippen molar-refractivity contribution in [3.8, 4) is 29.7 Å². The quantitative estimate of drug-likeness (QED) is 0.563. The Hall–Kier alpha value is -4.17. The fraction of sp³-hybridized carbons (Fsp3) is 0.393. The number of fused-ring (bicyclic) bond motifs is 5. The summed E-state index contributed by atoms with van der Waals surface area (Å²) in [4.78, 5) is 28.4. The maximum atomic E-state index is 13.2. The van der Waals surface area contributed by atoms with Gasteiger partial charge in [0.25, 0.3) is 0 Å². The molecule has 1 fully saturated rings. The number of hydrogen-bond donors (Lipinski definition) is 1. The molecule has 1 saturated heterocycles. The highest BCUT2D eigenvalue weighted by Gasteiger charge is 2.35. The maximum Gasteiger partial charge on any atom is 0.227 e. The molecule has 5 heterocycles. The molecule has 0 aromatic carbocycles. The summed E-state index contributed by atoms with van der Waals surface area (Å²) in [6.07, 6.45) is 16.9. The van der Waals surface area contributed by atoms with Crippen LogP contribution in [0.25, 0.3) is 27.9 Å². The number of aromatic nitrogens is 4. The lowest BCUT2D eigenvalue weighted by molar-refractivity contribution is -0.135. The van der Waals surface area contributed by atoms with E-state index in [1.165, 1.54) is 11.9 Å². The van der Waals surface area contributed by atoms with Gasteiger partial charge in [0.1, 0.15) is 29.5 Å². The number of hydrogen-bond acceptors (Lipinski definition) is 6. The Kier molecular flexibility index (Phi) is 5.45. The van der Waals surface area contributed by atoms with E-state index in [9.17, 15) is 10.1 Å². The topological polar surface area (TPSA) is 114 Å². The van der Waals surface area contributed by atoms with Crippen molar-refractivity contribution in [3.63, 3.8) is 0 Å². The molecule has 3 aliphatic rings. The van der Waals surface area contributed by atoms with Crippen LogP contribution in [-0.4, -0.2) is 42.9 Å². The minimum absolute atomic E-state index is 0.101. The van der Waals surface area contributed by atoms with Gasteiger partial charge in [-0.1, -0.05) is 12.0 Å². The molecule has 2 N–H and O–H groups in total. The number of anilines is 1. The first-order chi connectivity index (χ1) is 17.6. The lowest BCUT2D eigenvalue weighted by Crippen LogP contribution is -2.39. The van der Waals surface area contributed by atoms with Crippen molar-refractivity contribution in [2.75, 3.05) is 12.3 Å². The summed E-state index contributed by atoms with van der Waals surface area (Å²) in [5.41, 5.74) is 13.4. The predicted octanol–water partition coefficient (Wildman–Crippen LogP) is 3.70. The van der Waals surface area contributed by atoms with Crippen LogP contribution in [0.2, 0.25) is 0 Å². The zero-order valence-electron chi connectivity index (χ0n) is 20.1. The molecule has 3 aromatic rings. The second kappa shape index (κ2) is 8.80. The van der Waals surface area contributed by atoms with Crippen LogP contribution in [0.5, 0.6) is 0 Å². The Morgan fingerprint density at radius 2 is 2.06 bits per heavy atom. The second-order valence-corrected chi connectivity index (χ2v) is 9.83. The molecule has 36 heavy (non-hydrogen) atoms. The van der Waals surface area contributed by atoms with Crippen molar-refractivity contribution in [2.45, 2.75) is 57.5 Å². The number of nitrogen functional groups attached to an aromatic ring is 1. The summed E-state index contributed by atoms with van der Waals surface area (Å²) >= 11 is 0. The van der Waals surface area contributed by atoms with E-state index < -0.39 is 0 Å². The van der Waals surface area contributed by atoms with Gasteiger partial charge < -0.3 is 15.2 Å². The Bertz CT molecular complexity index is 1500. The van der Waals surface area contributed by atoms with E-state index in [0.29, 0.717) is 24.5 Å². The van der Waals surface area contributed by atoms with Crippen LogP contribution in [0.3, 0.4) is 0 Å². The molecule has 8 nitrogen and oxygen atoms in total. The van der Waals surface area contributed by atoms with Gasteiger partial charge in [-0.2, -0.15) is 5.26 Å². The Morgan fingerprint density at radius 3 is 2.83 bits per heavy atom. The van der Waals surface area contributed by atoms with Gasteiger partial charge in [-0.3, -0.25) is 4.79 Å². The fourth-order valence-electron chi connectivity index (χ4n) is 6.11. The number of terminal acetylenes is 1. The summed E-state index contributed by atoms with van der Waals surface area (Å²) < 4.78 is 2.24. The third kappa shape index (κ3) is 3.45. The highest BCUT2D eigenvalue weighted by atomic mass is 16.2. The molecule has 8 heteroatoms. The second-order valence-electron chi connectivity index (χ2n) is 9.83. The third-order valence-corrected chi connectivity index (χ3v) is 7.86. The molecule has 1 aliphatic carbocycles. The lowest BCUT2D eigenvalue weighted by atomic mass is 9.84. The van der Waals surface area contributed by atoms with Crippen LogP contribution < -0.4 is 5.73 Å². The minimum atomic E-state index is -0.289. The zero-order chi connectivity index (χ0) is 24.8. The average Bonchev–Trinajstić information content (AvgIpc) is 3.47. The van der Waals surface area contributed by atoms with Gasteiger partial charge in [0.15, 0.2) is 0 Å². The van der Waals surface area contributed by atoms with Crippen molar-refractivity contribution < 1.29 is 4.79 Å². The van der Waals surface area contributed by atoms with Crippen LogP contribution in [0, 0.1) is 29.6 Å². The zero-order valence-corrected chi connectivity index (χ0v) is 20.1. The molecular weight excluding hydrogens is 450 g/mol. The molecule has 180 valence electrons. The SMILES string of the molecule is C#Cc1cc2c(cn1)-c1c(C3=CC[C@@H](C(=O)N4CCCC4C#N)CC3)c3c(N)ncnc3n1CCC2. The van der Waals surface area contributed by atoms with E-state index in [-0.39, 0.29) is 17.9 Å². The first-order valence-electron chi connectivity index (χ1n) is 12.6. The molecule has 0 bridgehead atoms. The smallest absolute Gasteiger partial charge is 0.227 e. The van der Waals surface area contributed by atoms with E-state index in [2.05, 4.69) is 37.6 Å². The number of nitriles is 1. The highest BCUT2D eigenvalue weighted by Crippen LogP contribution is 2.45. The van der Waals surface area contributed by atoms with Gasteiger partial charge >= 0.3 is 0 Å². The molecule has 0 saturated carbocycles. The summed E-state index contributed by atoms with van der Waals surface area (Å²) in [7, 11) is 0. The van der Waals surface area contributed by atoms with Crippen molar-refractivity contribution in [1.82, 2.24) is 24.4 Å². The van der Waals surface area contributed by atoms with Gasteiger partial charge in [0.2, 0.25) is 5.91 Å². The van der Waals surface area contributed by atoms with Gasteiger partial charge in [0.05, 0.1) is 17.1 Å². The number of carbonyl (C=O) groups is 1. The van der Waals surface area contributed by atoms with Crippen LogP contribution in [0.1, 0.15) is 55.3 Å². The monoisotopic (exact) mass is 477 g/mol. The molecule has 0 radical (unpaired) electrons. The summed E-state index contributed by atoms with van der Waals surface area (Å²) in [5.74, 6) is 3.11. The fourth-order valence-corrected chi connectivity index (χ4v) is 6.11. The first kappa shape index (κ1) is 22.3. The number of nitrogens with zero attached hydrogens (tertiary/aromatic N) is 6. The van der Waals surface area contributed by atoms with Crippen LogP contribution in [0.4, 0.5) is 5.82 Å².